The maximum atomic E-state index is 12.7. The predicted octanol–water partition coefficient (Wildman–Crippen LogP) is 3.03. The van der Waals surface area contributed by atoms with Crippen LogP contribution in [0.15, 0.2) is 41.3 Å². The molecule has 1 saturated carbocycles. The number of sulfonamides is 1. The molecule has 3 N–H and O–H groups in total. The maximum absolute atomic E-state index is 12.7. The molecule has 0 amide bonds. The summed E-state index contributed by atoms with van der Waals surface area (Å²) in [5.41, 5.74) is 6.54. The van der Waals surface area contributed by atoms with Crippen molar-refractivity contribution in [1.29, 1.82) is 0 Å². The molecule has 1 aliphatic rings. The number of benzene rings is 2. The first kappa shape index (κ1) is 14.4. The molecule has 0 heterocycles. The number of hydrogen-bond acceptors (Lipinski definition) is 3. The van der Waals surface area contributed by atoms with Gasteiger partial charge in [0.25, 0.3) is 0 Å². The van der Waals surface area contributed by atoms with Crippen molar-refractivity contribution in [3.05, 3.63) is 36.4 Å². The number of nitrogen functional groups attached to an aromatic ring is 1. The lowest BCUT2D eigenvalue weighted by Crippen LogP contribution is -2.36. The van der Waals surface area contributed by atoms with Gasteiger partial charge in [-0.05, 0) is 25.0 Å². The van der Waals surface area contributed by atoms with Crippen molar-refractivity contribution in [3.8, 4) is 0 Å². The zero-order valence-corrected chi connectivity index (χ0v) is 12.7. The summed E-state index contributed by atoms with van der Waals surface area (Å²) < 4.78 is 28.2. The molecule has 0 aromatic heterocycles. The lowest BCUT2D eigenvalue weighted by molar-refractivity contribution is 0.412. The molecule has 4 nitrogen and oxygen atoms in total. The molecule has 112 valence electrons. The van der Waals surface area contributed by atoms with Crippen molar-refractivity contribution in [2.75, 3.05) is 5.73 Å². The van der Waals surface area contributed by atoms with Crippen LogP contribution in [0.4, 0.5) is 5.69 Å². The topological polar surface area (TPSA) is 72.2 Å². The molecule has 0 aliphatic heterocycles. The molecule has 2 aromatic carbocycles. The zero-order chi connectivity index (χ0) is 14.9. The van der Waals surface area contributed by atoms with Gasteiger partial charge in [0.05, 0.1) is 4.90 Å². The van der Waals surface area contributed by atoms with Crippen LogP contribution in [0.1, 0.15) is 32.1 Å². The zero-order valence-electron chi connectivity index (χ0n) is 11.9. The average Bonchev–Trinajstić information content (AvgIpc) is 2.48. The maximum Gasteiger partial charge on any atom is 0.241 e. The van der Waals surface area contributed by atoms with E-state index in [4.69, 9.17) is 5.73 Å². The van der Waals surface area contributed by atoms with E-state index in [1.54, 1.807) is 30.3 Å². The largest absolute Gasteiger partial charge is 0.398 e. The number of nitrogens with two attached hydrogens (primary N) is 1. The summed E-state index contributed by atoms with van der Waals surface area (Å²) in [5.74, 6) is 0. The molecule has 0 spiro atoms. The molecule has 0 bridgehead atoms. The van der Waals surface area contributed by atoms with Crippen LogP contribution in [0.2, 0.25) is 0 Å². The molecule has 0 saturated heterocycles. The molecule has 1 fully saturated rings. The van der Waals surface area contributed by atoms with Crippen LogP contribution in [0.3, 0.4) is 0 Å². The molecular weight excluding hydrogens is 284 g/mol. The molecule has 5 heteroatoms. The van der Waals surface area contributed by atoms with Gasteiger partial charge >= 0.3 is 0 Å². The quantitative estimate of drug-likeness (QED) is 0.856. The molecule has 1 aliphatic carbocycles. The van der Waals surface area contributed by atoms with Gasteiger partial charge in [-0.25, -0.2) is 13.1 Å². The lowest BCUT2D eigenvalue weighted by atomic mass is 9.96. The molecule has 0 radical (unpaired) electrons. The van der Waals surface area contributed by atoms with Crippen LogP contribution in [-0.4, -0.2) is 14.5 Å². The molecule has 3 rings (SSSR count). The summed E-state index contributed by atoms with van der Waals surface area (Å²) in [6.07, 6.45) is 5.23. The van der Waals surface area contributed by atoms with Crippen molar-refractivity contribution in [2.24, 2.45) is 0 Å². The second-order valence-corrected chi connectivity index (χ2v) is 7.34. The van der Waals surface area contributed by atoms with Gasteiger partial charge in [0, 0.05) is 22.5 Å². The molecule has 0 atom stereocenters. The van der Waals surface area contributed by atoms with Gasteiger partial charge in [0.1, 0.15) is 0 Å². The first-order chi connectivity index (χ1) is 10.1. The van der Waals surface area contributed by atoms with Crippen molar-refractivity contribution in [3.63, 3.8) is 0 Å². The molecular formula is C16H20N2O2S. The minimum absolute atomic E-state index is 0.0556. The summed E-state index contributed by atoms with van der Waals surface area (Å²) in [7, 11) is -3.51. The van der Waals surface area contributed by atoms with Gasteiger partial charge in [0.15, 0.2) is 0 Å². The van der Waals surface area contributed by atoms with E-state index in [0.29, 0.717) is 16.0 Å². The van der Waals surface area contributed by atoms with E-state index in [9.17, 15) is 8.42 Å². The Bertz CT molecular complexity index is 750. The Morgan fingerprint density at radius 1 is 0.952 bits per heavy atom. The standard InChI is InChI=1S/C16H20N2O2S/c17-15-10-4-9-14-13(15)8-5-11-16(14)21(19,20)18-12-6-2-1-3-7-12/h4-5,8-12,18H,1-3,6-7,17H2. The number of rotatable bonds is 3. The summed E-state index contributed by atoms with van der Waals surface area (Å²) in [6.45, 7) is 0. The van der Waals surface area contributed by atoms with Crippen LogP contribution in [0.5, 0.6) is 0 Å². The smallest absolute Gasteiger partial charge is 0.241 e. The van der Waals surface area contributed by atoms with Crippen LogP contribution < -0.4 is 10.5 Å². The third-order valence-corrected chi connectivity index (χ3v) is 5.71. The van der Waals surface area contributed by atoms with E-state index < -0.39 is 10.0 Å². The van der Waals surface area contributed by atoms with E-state index in [-0.39, 0.29) is 6.04 Å². The number of nitrogens with one attached hydrogen (secondary N) is 1. The summed E-state index contributed by atoms with van der Waals surface area (Å²) in [5, 5.41) is 1.46. The Balaban J connectivity index is 2.00. The normalized spacial score (nSPS) is 17.1. The fourth-order valence-electron chi connectivity index (χ4n) is 3.04. The molecule has 2 aromatic rings. The molecule has 21 heavy (non-hydrogen) atoms. The van der Waals surface area contributed by atoms with E-state index in [1.807, 2.05) is 6.07 Å². The Labute approximate surface area is 125 Å². The fourth-order valence-corrected chi connectivity index (χ4v) is 4.57. The van der Waals surface area contributed by atoms with E-state index >= 15 is 0 Å². The van der Waals surface area contributed by atoms with Gasteiger partial charge in [-0.3, -0.25) is 0 Å². The van der Waals surface area contributed by atoms with Crippen molar-refractivity contribution in [1.82, 2.24) is 4.72 Å². The SMILES string of the molecule is Nc1cccc2c(S(=O)(=O)NC3CCCCC3)cccc12. The van der Waals surface area contributed by atoms with Crippen LogP contribution in [0, 0.1) is 0 Å². The summed E-state index contributed by atoms with van der Waals surface area (Å²) >= 11 is 0. The molecule has 0 unspecified atom stereocenters. The Morgan fingerprint density at radius 2 is 1.62 bits per heavy atom. The number of hydrogen-bond donors (Lipinski definition) is 2. The predicted molar refractivity (Wildman–Crippen MR) is 85.6 cm³/mol. The number of fused-ring (bicyclic) bond motifs is 1. The Hall–Kier alpha value is -1.59. The Kier molecular flexibility index (Phi) is 3.87. The summed E-state index contributed by atoms with van der Waals surface area (Å²) in [4.78, 5) is 0.317. The second kappa shape index (κ2) is 5.66. The minimum atomic E-state index is -3.51. The van der Waals surface area contributed by atoms with Gasteiger partial charge in [-0.1, -0.05) is 43.5 Å². The van der Waals surface area contributed by atoms with Gasteiger partial charge in [0.2, 0.25) is 10.0 Å². The van der Waals surface area contributed by atoms with Gasteiger partial charge in [-0.15, -0.1) is 0 Å². The van der Waals surface area contributed by atoms with E-state index in [0.717, 1.165) is 31.1 Å². The highest BCUT2D eigenvalue weighted by molar-refractivity contribution is 7.89. The third-order valence-electron chi connectivity index (χ3n) is 4.13. The fraction of sp³-hybridized carbons (Fsp3) is 0.375. The highest BCUT2D eigenvalue weighted by atomic mass is 32.2. The highest BCUT2D eigenvalue weighted by Gasteiger charge is 2.23. The first-order valence-corrected chi connectivity index (χ1v) is 8.86. The Morgan fingerprint density at radius 3 is 2.38 bits per heavy atom. The van der Waals surface area contributed by atoms with Crippen molar-refractivity contribution < 1.29 is 8.42 Å². The highest BCUT2D eigenvalue weighted by Crippen LogP contribution is 2.28. The minimum Gasteiger partial charge on any atom is -0.398 e. The van der Waals surface area contributed by atoms with Crippen LogP contribution in [-0.2, 0) is 10.0 Å². The van der Waals surface area contributed by atoms with Crippen LogP contribution in [0.25, 0.3) is 10.8 Å². The average molecular weight is 304 g/mol. The van der Waals surface area contributed by atoms with Gasteiger partial charge < -0.3 is 5.73 Å². The monoisotopic (exact) mass is 304 g/mol. The second-order valence-electron chi connectivity index (χ2n) is 5.65. The summed E-state index contributed by atoms with van der Waals surface area (Å²) in [6, 6.07) is 10.7. The van der Waals surface area contributed by atoms with Gasteiger partial charge in [-0.2, -0.15) is 0 Å². The third kappa shape index (κ3) is 2.89. The number of anilines is 1. The first-order valence-electron chi connectivity index (χ1n) is 7.37. The van der Waals surface area contributed by atoms with Crippen molar-refractivity contribution >= 4 is 26.5 Å². The van der Waals surface area contributed by atoms with E-state index in [2.05, 4.69) is 4.72 Å². The van der Waals surface area contributed by atoms with Crippen molar-refractivity contribution in [2.45, 2.75) is 43.0 Å². The van der Waals surface area contributed by atoms with Crippen LogP contribution >= 0.6 is 0 Å². The lowest BCUT2D eigenvalue weighted by Gasteiger charge is -2.23. The van der Waals surface area contributed by atoms with E-state index in [1.165, 1.54) is 6.42 Å².